The highest BCUT2D eigenvalue weighted by Gasteiger charge is 2.38. The van der Waals surface area contributed by atoms with Gasteiger partial charge in [0.25, 0.3) is 0 Å². The average Bonchev–Trinajstić information content (AvgIpc) is 2.80. The number of benzene rings is 3. The van der Waals surface area contributed by atoms with E-state index in [1.54, 1.807) is 0 Å². The van der Waals surface area contributed by atoms with Crippen molar-refractivity contribution in [3.63, 3.8) is 0 Å². The van der Waals surface area contributed by atoms with Crippen molar-refractivity contribution in [1.29, 1.82) is 0 Å². The smallest absolute Gasteiger partial charge is 0.408 e. The van der Waals surface area contributed by atoms with Crippen molar-refractivity contribution in [3.05, 3.63) is 107 Å². The van der Waals surface area contributed by atoms with Crippen LogP contribution < -0.4 is 5.32 Å². The van der Waals surface area contributed by atoms with Crippen LogP contribution in [0.5, 0.6) is 0 Å². The van der Waals surface area contributed by atoms with Crippen LogP contribution in [0.4, 0.5) is 4.79 Å². The molecule has 0 spiro atoms. The lowest BCUT2D eigenvalue weighted by atomic mass is 9.85. The van der Waals surface area contributed by atoms with Gasteiger partial charge < -0.3 is 15.2 Å². The van der Waals surface area contributed by atoms with Gasteiger partial charge in [-0.05, 0) is 49.9 Å². The molecule has 0 saturated carbocycles. The summed E-state index contributed by atoms with van der Waals surface area (Å²) in [6.45, 7) is 9.11. The first-order valence-electron chi connectivity index (χ1n) is 12.3. The number of ether oxygens (including phenoxy) is 1. The van der Waals surface area contributed by atoms with E-state index in [0.29, 0.717) is 0 Å². The van der Waals surface area contributed by atoms with E-state index >= 15 is 0 Å². The van der Waals surface area contributed by atoms with Gasteiger partial charge in [-0.1, -0.05) is 84.9 Å². The molecule has 0 aromatic heterocycles. The molecule has 1 unspecified atom stereocenters. The number of hydrogen-bond donors (Lipinski definition) is 2. The number of aliphatic hydroxyl groups is 1. The Hall–Kier alpha value is -3.15. The zero-order valence-corrected chi connectivity index (χ0v) is 21.0. The molecule has 1 heterocycles. The molecule has 1 fully saturated rings. The standard InChI is InChI=1S/C30H36N2O3/c1-21(31-29(34)35-30(2,3)4)22-15-17-25(18-16-22)28(33)26-19-32(20-26)27(23-11-7-5-8-12-23)24-13-9-6-10-14-24/h5-18,21,26-28,33H,19-20H2,1-4H3,(H,31,34)/t21-,28?/m0/s1. The van der Waals surface area contributed by atoms with Crippen molar-refractivity contribution < 1.29 is 14.6 Å². The predicted octanol–water partition coefficient (Wildman–Crippen LogP) is 6.03. The molecule has 2 N–H and O–H groups in total. The zero-order valence-electron chi connectivity index (χ0n) is 21.0. The maximum absolute atomic E-state index is 12.1. The molecule has 5 nitrogen and oxygen atoms in total. The molecule has 0 radical (unpaired) electrons. The number of rotatable bonds is 7. The average molecular weight is 473 g/mol. The Bertz CT molecular complexity index is 1050. The Labute approximate surface area is 208 Å². The molecule has 3 aromatic rings. The second-order valence-electron chi connectivity index (χ2n) is 10.4. The lowest BCUT2D eigenvalue weighted by Gasteiger charge is -2.46. The molecule has 35 heavy (non-hydrogen) atoms. The van der Waals surface area contributed by atoms with Crippen LogP contribution in [0.2, 0.25) is 0 Å². The molecule has 1 aliphatic heterocycles. The first-order valence-corrected chi connectivity index (χ1v) is 12.3. The van der Waals surface area contributed by atoms with Gasteiger partial charge in [0, 0.05) is 19.0 Å². The summed E-state index contributed by atoms with van der Waals surface area (Å²) in [6, 6.07) is 29.0. The van der Waals surface area contributed by atoms with Crippen molar-refractivity contribution in [3.8, 4) is 0 Å². The lowest BCUT2D eigenvalue weighted by molar-refractivity contribution is -0.0207. The van der Waals surface area contributed by atoms with Crippen LogP contribution in [0.25, 0.3) is 0 Å². The number of carbonyl (C=O) groups is 1. The summed E-state index contributed by atoms with van der Waals surface area (Å²) in [7, 11) is 0. The van der Waals surface area contributed by atoms with Crippen molar-refractivity contribution in [2.75, 3.05) is 13.1 Å². The number of nitrogens with one attached hydrogen (secondary N) is 1. The summed E-state index contributed by atoms with van der Waals surface area (Å²) in [5.74, 6) is 0.174. The summed E-state index contributed by atoms with van der Waals surface area (Å²) in [5.41, 5.74) is 3.87. The van der Waals surface area contributed by atoms with Crippen LogP contribution >= 0.6 is 0 Å². The fourth-order valence-electron chi connectivity index (χ4n) is 4.67. The Morgan fingerprint density at radius 2 is 1.34 bits per heavy atom. The minimum atomic E-state index is -0.533. The third-order valence-electron chi connectivity index (χ3n) is 6.49. The van der Waals surface area contributed by atoms with Gasteiger partial charge in [0.1, 0.15) is 5.60 Å². The van der Waals surface area contributed by atoms with E-state index in [1.165, 1.54) is 11.1 Å². The number of amides is 1. The summed E-state index contributed by atoms with van der Waals surface area (Å²) >= 11 is 0. The predicted molar refractivity (Wildman–Crippen MR) is 139 cm³/mol. The highest BCUT2D eigenvalue weighted by molar-refractivity contribution is 5.68. The monoisotopic (exact) mass is 472 g/mol. The van der Waals surface area contributed by atoms with Gasteiger partial charge in [-0.3, -0.25) is 4.90 Å². The van der Waals surface area contributed by atoms with E-state index in [4.69, 9.17) is 4.74 Å². The maximum Gasteiger partial charge on any atom is 0.408 e. The molecule has 4 rings (SSSR count). The molecule has 1 saturated heterocycles. The highest BCUT2D eigenvalue weighted by atomic mass is 16.6. The van der Waals surface area contributed by atoms with Gasteiger partial charge in [0.15, 0.2) is 0 Å². The first-order chi connectivity index (χ1) is 16.7. The molecular formula is C30H36N2O3. The first kappa shape index (κ1) is 25.0. The number of alkyl carbamates (subject to hydrolysis) is 1. The van der Waals surface area contributed by atoms with Gasteiger partial charge in [0.2, 0.25) is 0 Å². The number of hydrogen-bond acceptors (Lipinski definition) is 4. The van der Waals surface area contributed by atoms with Crippen LogP contribution in [-0.4, -0.2) is 34.8 Å². The minimum Gasteiger partial charge on any atom is -0.444 e. The molecule has 0 aliphatic carbocycles. The fraction of sp³-hybridized carbons (Fsp3) is 0.367. The fourth-order valence-corrected chi connectivity index (χ4v) is 4.67. The summed E-state index contributed by atoms with van der Waals surface area (Å²) in [5, 5.41) is 13.9. The molecule has 2 atom stereocenters. The normalized spacial score (nSPS) is 16.4. The number of likely N-dealkylation sites (tertiary alicyclic amines) is 1. The topological polar surface area (TPSA) is 61.8 Å². The summed E-state index contributed by atoms with van der Waals surface area (Å²) < 4.78 is 5.34. The minimum absolute atomic E-state index is 0.174. The largest absolute Gasteiger partial charge is 0.444 e. The van der Waals surface area contributed by atoms with E-state index in [-0.39, 0.29) is 18.0 Å². The van der Waals surface area contributed by atoms with E-state index < -0.39 is 17.8 Å². The van der Waals surface area contributed by atoms with Crippen molar-refractivity contribution in [1.82, 2.24) is 10.2 Å². The molecule has 3 aromatic carbocycles. The maximum atomic E-state index is 12.1. The molecule has 5 heteroatoms. The van der Waals surface area contributed by atoms with Crippen molar-refractivity contribution >= 4 is 6.09 Å². The van der Waals surface area contributed by atoms with Gasteiger partial charge in [-0.2, -0.15) is 0 Å². The van der Waals surface area contributed by atoms with Gasteiger partial charge >= 0.3 is 6.09 Å². The van der Waals surface area contributed by atoms with E-state index in [2.05, 4.69) is 58.7 Å². The van der Waals surface area contributed by atoms with Gasteiger partial charge in [-0.25, -0.2) is 4.79 Å². The molecule has 1 amide bonds. The SMILES string of the molecule is C[C@H](NC(=O)OC(C)(C)C)c1ccc(C(O)C2CN(C(c3ccccc3)c3ccccc3)C2)cc1. The second-order valence-corrected chi connectivity index (χ2v) is 10.4. The quantitative estimate of drug-likeness (QED) is 0.441. The van der Waals surface area contributed by atoms with Crippen LogP contribution in [-0.2, 0) is 4.74 Å². The third-order valence-corrected chi connectivity index (χ3v) is 6.49. The number of nitrogens with zero attached hydrogens (tertiary/aromatic N) is 1. The van der Waals surface area contributed by atoms with E-state index in [0.717, 1.165) is 24.2 Å². The van der Waals surface area contributed by atoms with Gasteiger partial charge in [0.05, 0.1) is 18.2 Å². The molecule has 0 bridgehead atoms. The Morgan fingerprint density at radius 3 is 1.83 bits per heavy atom. The molecule has 1 aliphatic rings. The zero-order chi connectivity index (χ0) is 25.0. The Morgan fingerprint density at radius 1 is 0.857 bits per heavy atom. The van der Waals surface area contributed by atoms with Crippen LogP contribution in [0.3, 0.4) is 0 Å². The second kappa shape index (κ2) is 10.6. The Balaban J connectivity index is 1.38. The van der Waals surface area contributed by atoms with Gasteiger partial charge in [-0.15, -0.1) is 0 Å². The number of carbonyl (C=O) groups excluding carboxylic acids is 1. The molecule has 184 valence electrons. The van der Waals surface area contributed by atoms with Crippen molar-refractivity contribution in [2.45, 2.75) is 51.5 Å². The number of aliphatic hydroxyl groups excluding tert-OH is 1. The van der Waals surface area contributed by atoms with Crippen LogP contribution in [0.1, 0.15) is 68.1 Å². The van der Waals surface area contributed by atoms with E-state index in [9.17, 15) is 9.90 Å². The lowest BCUT2D eigenvalue weighted by Crippen LogP contribution is -2.51. The van der Waals surface area contributed by atoms with Crippen LogP contribution in [0.15, 0.2) is 84.9 Å². The highest BCUT2D eigenvalue weighted by Crippen LogP contribution is 2.38. The van der Waals surface area contributed by atoms with Crippen LogP contribution in [0, 0.1) is 5.92 Å². The third kappa shape index (κ3) is 6.30. The Kier molecular flexibility index (Phi) is 7.58. The van der Waals surface area contributed by atoms with E-state index in [1.807, 2.05) is 64.1 Å². The van der Waals surface area contributed by atoms with Crippen molar-refractivity contribution in [2.24, 2.45) is 5.92 Å². The summed E-state index contributed by atoms with van der Waals surface area (Å²) in [4.78, 5) is 14.5. The molecular weight excluding hydrogens is 436 g/mol. The summed E-state index contributed by atoms with van der Waals surface area (Å²) in [6.07, 6.45) is -0.961.